The molecule has 4 nitrogen and oxygen atoms in total. The number of benzene rings is 2. The van der Waals surface area contributed by atoms with E-state index in [-0.39, 0.29) is 22.5 Å². The Balaban J connectivity index is 2.19. The van der Waals surface area contributed by atoms with E-state index < -0.39 is 10.0 Å². The lowest BCUT2D eigenvalue weighted by molar-refractivity contribution is 0.402. The van der Waals surface area contributed by atoms with E-state index in [1.165, 1.54) is 41.7 Å². The zero-order chi connectivity index (χ0) is 17.5. The van der Waals surface area contributed by atoms with Crippen LogP contribution in [0.4, 0.5) is 10.1 Å². The molecular formula is C17H17ClFNO3S. The maximum absolute atomic E-state index is 13.5. The highest BCUT2D eigenvalue weighted by Gasteiger charge is 2.35. The molecule has 1 atom stereocenters. The fourth-order valence-electron chi connectivity index (χ4n) is 3.01. The van der Waals surface area contributed by atoms with Crippen molar-refractivity contribution in [2.45, 2.75) is 30.7 Å². The van der Waals surface area contributed by atoms with Gasteiger partial charge in [0.05, 0.1) is 12.8 Å². The molecule has 1 unspecified atom stereocenters. The number of sulfonamides is 1. The number of hydrogen-bond acceptors (Lipinski definition) is 3. The van der Waals surface area contributed by atoms with E-state index in [0.29, 0.717) is 29.1 Å². The molecule has 1 aliphatic heterocycles. The van der Waals surface area contributed by atoms with Crippen LogP contribution in [0.15, 0.2) is 41.3 Å². The average Bonchev–Trinajstić information content (AvgIpc) is 2.54. The third kappa shape index (κ3) is 2.84. The summed E-state index contributed by atoms with van der Waals surface area (Å²) in [6, 6.07) is 8.39. The van der Waals surface area contributed by atoms with Gasteiger partial charge in [-0.05, 0) is 61.7 Å². The number of aryl methyl sites for hydroxylation is 1. The average molecular weight is 370 g/mol. The van der Waals surface area contributed by atoms with E-state index in [4.69, 9.17) is 16.3 Å². The lowest BCUT2D eigenvalue weighted by Gasteiger charge is -2.36. The van der Waals surface area contributed by atoms with Gasteiger partial charge in [-0.2, -0.15) is 0 Å². The number of ether oxygens (including phenoxy) is 1. The van der Waals surface area contributed by atoms with Crippen LogP contribution in [0.2, 0.25) is 5.02 Å². The molecule has 0 saturated carbocycles. The van der Waals surface area contributed by atoms with E-state index in [1.807, 2.05) is 6.92 Å². The molecule has 3 rings (SSSR count). The van der Waals surface area contributed by atoms with Gasteiger partial charge in [0.2, 0.25) is 0 Å². The highest BCUT2D eigenvalue weighted by atomic mass is 35.5. The molecule has 0 N–H and O–H groups in total. The molecule has 0 saturated heterocycles. The Morgan fingerprint density at radius 3 is 2.71 bits per heavy atom. The molecular weight excluding hydrogens is 353 g/mol. The summed E-state index contributed by atoms with van der Waals surface area (Å²) in [6.45, 7) is 1.83. The van der Waals surface area contributed by atoms with Crippen LogP contribution in [0.1, 0.15) is 18.9 Å². The Hall–Kier alpha value is -1.79. The Morgan fingerprint density at radius 2 is 2.00 bits per heavy atom. The summed E-state index contributed by atoms with van der Waals surface area (Å²) in [6.07, 6.45) is 1.24. The van der Waals surface area contributed by atoms with Gasteiger partial charge in [-0.25, -0.2) is 12.8 Å². The maximum Gasteiger partial charge on any atom is 0.268 e. The number of methoxy groups -OCH3 is 1. The van der Waals surface area contributed by atoms with Crippen LogP contribution in [-0.2, 0) is 16.4 Å². The van der Waals surface area contributed by atoms with Gasteiger partial charge in [0.25, 0.3) is 10.0 Å². The fraction of sp³-hybridized carbons (Fsp3) is 0.294. The zero-order valence-electron chi connectivity index (χ0n) is 13.3. The summed E-state index contributed by atoms with van der Waals surface area (Å²) >= 11 is 5.99. The standard InChI is InChI=1S/C17H17ClFNO3S/c1-11-3-4-12-9-14(19)6-7-15(12)20(11)24(21,22)17-10-13(18)5-8-16(17)23-2/h5-11H,3-4H2,1-2H3. The van der Waals surface area contributed by atoms with E-state index >= 15 is 0 Å². The molecule has 0 fully saturated rings. The van der Waals surface area contributed by atoms with Gasteiger partial charge in [0.15, 0.2) is 0 Å². The lowest BCUT2D eigenvalue weighted by atomic mass is 9.99. The SMILES string of the molecule is COc1ccc(Cl)cc1S(=O)(=O)N1c2ccc(F)cc2CCC1C. The van der Waals surface area contributed by atoms with E-state index in [2.05, 4.69) is 0 Å². The monoisotopic (exact) mass is 369 g/mol. The first kappa shape index (κ1) is 17.0. The number of hydrogen-bond donors (Lipinski definition) is 0. The number of halogens is 2. The molecule has 0 radical (unpaired) electrons. The van der Waals surface area contributed by atoms with Crippen LogP contribution in [0.5, 0.6) is 5.75 Å². The van der Waals surface area contributed by atoms with Crippen LogP contribution in [0.25, 0.3) is 0 Å². The van der Waals surface area contributed by atoms with Gasteiger partial charge in [-0.1, -0.05) is 11.6 Å². The molecule has 2 aromatic rings. The highest BCUT2D eigenvalue weighted by Crippen LogP contribution is 2.38. The topological polar surface area (TPSA) is 46.6 Å². The summed E-state index contributed by atoms with van der Waals surface area (Å²) in [5.74, 6) is -0.151. The minimum absolute atomic E-state index is 0.00141. The largest absolute Gasteiger partial charge is 0.495 e. The van der Waals surface area contributed by atoms with E-state index in [9.17, 15) is 12.8 Å². The zero-order valence-corrected chi connectivity index (χ0v) is 14.9. The van der Waals surface area contributed by atoms with Crippen molar-refractivity contribution < 1.29 is 17.5 Å². The van der Waals surface area contributed by atoms with Crippen molar-refractivity contribution >= 4 is 27.3 Å². The smallest absolute Gasteiger partial charge is 0.268 e. The summed E-state index contributed by atoms with van der Waals surface area (Å²) < 4.78 is 46.6. The second-order valence-electron chi connectivity index (χ2n) is 5.76. The first-order valence-corrected chi connectivity index (χ1v) is 9.33. The predicted octanol–water partition coefficient (Wildman–Crippen LogP) is 4.02. The molecule has 7 heteroatoms. The second-order valence-corrected chi connectivity index (χ2v) is 7.98. The van der Waals surface area contributed by atoms with Crippen molar-refractivity contribution in [2.24, 2.45) is 0 Å². The first-order chi connectivity index (χ1) is 11.3. The fourth-order valence-corrected chi connectivity index (χ4v) is 5.16. The van der Waals surface area contributed by atoms with Gasteiger partial charge in [0.1, 0.15) is 16.5 Å². The van der Waals surface area contributed by atoms with Crippen LogP contribution < -0.4 is 9.04 Å². The molecule has 24 heavy (non-hydrogen) atoms. The number of nitrogens with zero attached hydrogens (tertiary/aromatic N) is 1. The molecule has 0 aliphatic carbocycles. The molecule has 0 amide bonds. The van der Waals surface area contributed by atoms with Gasteiger partial charge in [-0.15, -0.1) is 0 Å². The lowest BCUT2D eigenvalue weighted by Crippen LogP contribution is -2.42. The second kappa shape index (κ2) is 6.26. The van der Waals surface area contributed by atoms with E-state index in [0.717, 1.165) is 0 Å². The summed E-state index contributed by atoms with van der Waals surface area (Å²) in [5.41, 5.74) is 1.18. The minimum atomic E-state index is -3.90. The van der Waals surface area contributed by atoms with Gasteiger partial charge < -0.3 is 4.74 Å². The van der Waals surface area contributed by atoms with Gasteiger partial charge in [0, 0.05) is 11.1 Å². The molecule has 0 aromatic heterocycles. The molecule has 1 aliphatic rings. The maximum atomic E-state index is 13.5. The number of rotatable bonds is 3. The van der Waals surface area contributed by atoms with Crippen molar-refractivity contribution in [2.75, 3.05) is 11.4 Å². The highest BCUT2D eigenvalue weighted by molar-refractivity contribution is 7.93. The van der Waals surface area contributed by atoms with Crippen molar-refractivity contribution in [3.63, 3.8) is 0 Å². The van der Waals surface area contributed by atoms with Crippen molar-refractivity contribution in [3.05, 3.63) is 52.8 Å². The third-order valence-corrected chi connectivity index (χ3v) is 6.36. The predicted molar refractivity (Wildman–Crippen MR) is 91.9 cm³/mol. The van der Waals surface area contributed by atoms with Gasteiger partial charge in [-0.3, -0.25) is 4.31 Å². The molecule has 2 aromatic carbocycles. The first-order valence-electron chi connectivity index (χ1n) is 7.51. The van der Waals surface area contributed by atoms with Crippen molar-refractivity contribution in [1.82, 2.24) is 0 Å². The van der Waals surface area contributed by atoms with E-state index in [1.54, 1.807) is 6.07 Å². The summed E-state index contributed by atoms with van der Waals surface area (Å²) in [5, 5.41) is 0.304. The minimum Gasteiger partial charge on any atom is -0.495 e. The molecule has 1 heterocycles. The quantitative estimate of drug-likeness (QED) is 0.821. The molecule has 0 spiro atoms. The van der Waals surface area contributed by atoms with Gasteiger partial charge >= 0.3 is 0 Å². The third-order valence-electron chi connectivity index (χ3n) is 4.17. The Bertz CT molecular complexity index is 885. The van der Waals surface area contributed by atoms with Crippen LogP contribution in [0.3, 0.4) is 0 Å². The van der Waals surface area contributed by atoms with Crippen LogP contribution in [0, 0.1) is 5.82 Å². The Labute approximate surface area is 145 Å². The molecule has 128 valence electrons. The normalized spacial score (nSPS) is 17.5. The van der Waals surface area contributed by atoms with Crippen LogP contribution in [-0.4, -0.2) is 21.6 Å². The summed E-state index contributed by atoms with van der Waals surface area (Å²) in [4.78, 5) is 0.00141. The molecule has 0 bridgehead atoms. The Kier molecular flexibility index (Phi) is 4.44. The van der Waals surface area contributed by atoms with Crippen molar-refractivity contribution in [1.29, 1.82) is 0 Å². The number of fused-ring (bicyclic) bond motifs is 1. The number of anilines is 1. The van der Waals surface area contributed by atoms with Crippen molar-refractivity contribution in [3.8, 4) is 5.75 Å². The van der Waals surface area contributed by atoms with Crippen LogP contribution >= 0.6 is 11.6 Å². The summed E-state index contributed by atoms with van der Waals surface area (Å²) in [7, 11) is -2.49. The Morgan fingerprint density at radius 1 is 1.25 bits per heavy atom.